The van der Waals surface area contributed by atoms with Gasteiger partial charge in [-0.15, -0.1) is 0 Å². The molecule has 284 valence electrons. The van der Waals surface area contributed by atoms with E-state index in [1.54, 1.807) is 12.0 Å². The van der Waals surface area contributed by atoms with Crippen molar-refractivity contribution in [2.24, 2.45) is 17.8 Å². The van der Waals surface area contributed by atoms with Gasteiger partial charge in [-0.1, -0.05) is 59.4 Å². The standard InChI is InChI=1S/C35H58N2O8.CH4.10H2/c1-9-28(39)26(5)33-29(43-33)21-23(2)11-10-12-24(3)32-25(4)13-14-30(44-34(41)37-19-17-36(7)18-20-37)35(6,42-8)16-15-27(38)22-31(40)45-32;;;;;;;;;;;/h10-14,23,25-30,32-33,38-39H,9,15-22H2,1-8H3;1H4;10*1H/b11-10+,14-13+,24-12+;;;;;;;;;;;/t23-,25+,26-,27-,28+,29-,30+,32-,33-,35-;;;;;;;;;;;/m1.........../s1/i;;9*1+1D;1+1. The number of methoxy groups -OCH3 is 1. The van der Waals surface area contributed by atoms with Gasteiger partial charge in [-0.2, -0.15) is 0 Å². The zero-order valence-corrected chi connectivity index (χ0v) is 28.7. The number of likely N-dealkylation sites (N-methyl/N-ethyl adjacent to an activating group) is 1. The predicted octanol–water partition coefficient (Wildman–Crippen LogP) is 7.59. The van der Waals surface area contributed by atoms with Crippen LogP contribution in [0.4, 0.5) is 4.79 Å². The largest absolute Gasteiger partial charge is 0.457 e. The summed E-state index contributed by atoms with van der Waals surface area (Å²) in [4.78, 5) is 30.0. The molecule has 0 aliphatic carbocycles. The number of carbonyl (C=O) groups is 2. The number of hydrogen-bond donors (Lipinski definition) is 2. The smallest absolute Gasteiger partial charge is 0.410 e. The molecule has 10 nitrogen and oxygen atoms in total. The summed E-state index contributed by atoms with van der Waals surface area (Å²) in [5, 5.41) is 20.8. The normalized spacial score (nSPS) is 35.9. The van der Waals surface area contributed by atoms with Crippen LogP contribution in [0.2, 0.25) is 0 Å². The number of esters is 1. The Morgan fingerprint density at radius 2 is 1.93 bits per heavy atom. The molecule has 0 aromatic heterocycles. The van der Waals surface area contributed by atoms with Gasteiger partial charge in [0.05, 0.1) is 30.8 Å². The molecule has 0 aromatic carbocycles. The third kappa shape index (κ3) is 11.5. The second-order valence-electron chi connectivity index (χ2n) is 13.6. The summed E-state index contributed by atoms with van der Waals surface area (Å²) in [5.74, 6) is -0.316. The molecule has 0 unspecified atom stereocenters. The first-order valence-corrected chi connectivity index (χ1v) is 16.7. The van der Waals surface area contributed by atoms with E-state index in [1.165, 1.54) is 0 Å². The molecule has 1 amide bonds. The van der Waals surface area contributed by atoms with E-state index in [1.807, 2.05) is 66.0 Å². The van der Waals surface area contributed by atoms with Gasteiger partial charge >= 0.3 is 12.1 Å². The van der Waals surface area contributed by atoms with Crippen molar-refractivity contribution >= 4 is 12.1 Å². The summed E-state index contributed by atoms with van der Waals surface area (Å²) in [6, 6.07) is 0. The number of nitrogens with zero attached hydrogens (tertiary/aromatic N) is 2. The number of aliphatic hydroxyl groups is 2. The predicted molar refractivity (Wildman–Crippen MR) is 201 cm³/mol. The highest BCUT2D eigenvalue weighted by molar-refractivity contribution is 5.70. The number of aliphatic hydroxyl groups excluding tert-OH is 2. The number of rotatable bonds is 10. The van der Waals surface area contributed by atoms with Gasteiger partial charge in [0.1, 0.15) is 11.7 Å². The van der Waals surface area contributed by atoms with E-state index in [0.717, 1.165) is 31.5 Å². The van der Waals surface area contributed by atoms with E-state index < -0.39 is 36.0 Å². The molecule has 10 atom stereocenters. The molecule has 3 rings (SSSR count). The fraction of sp³-hybridized carbons (Fsp3) is 0.778. The summed E-state index contributed by atoms with van der Waals surface area (Å²) in [7, 11) is 3.61. The number of amides is 1. The zero-order valence-electron chi connectivity index (χ0n) is 46.7. The van der Waals surface area contributed by atoms with Crippen LogP contribution in [0.15, 0.2) is 36.0 Å². The minimum Gasteiger partial charge on any atom is -0.457 e. The van der Waals surface area contributed by atoms with Crippen LogP contribution >= 0.6 is 0 Å². The maximum absolute atomic E-state index is 13.2. The van der Waals surface area contributed by atoms with Crippen molar-refractivity contribution in [3.8, 4) is 0 Å². The summed E-state index contributed by atoms with van der Waals surface area (Å²) in [6.45, 7) is 14.7. The Balaban J connectivity index is -0.000000199. The van der Waals surface area contributed by atoms with Crippen molar-refractivity contribution in [1.82, 2.24) is 9.80 Å². The highest BCUT2D eigenvalue weighted by Crippen LogP contribution is 2.36. The molecular formula is C36H82N2O8. The molecule has 3 aliphatic heterocycles. The number of cyclic esters (lactones) is 1. The average molecular weight is 690 g/mol. The lowest BCUT2D eigenvalue weighted by Gasteiger charge is -2.38. The lowest BCUT2D eigenvalue weighted by molar-refractivity contribution is -0.151. The van der Waals surface area contributed by atoms with Crippen LogP contribution in [0.5, 0.6) is 0 Å². The summed E-state index contributed by atoms with van der Waals surface area (Å²) in [5.41, 5.74) is -0.0467. The van der Waals surface area contributed by atoms with Gasteiger partial charge in [0.25, 0.3) is 0 Å². The first-order valence-electron chi connectivity index (χ1n) is 25.7. The van der Waals surface area contributed by atoms with E-state index in [4.69, 9.17) is 45.7 Å². The molecule has 2 N–H and O–H groups in total. The van der Waals surface area contributed by atoms with Crippen LogP contribution in [0, 0.1) is 17.8 Å². The fourth-order valence-corrected chi connectivity index (χ4v) is 6.17. The van der Waals surface area contributed by atoms with Crippen molar-refractivity contribution in [3.63, 3.8) is 0 Å². The third-order valence-electron chi connectivity index (χ3n) is 9.78. The second-order valence-corrected chi connectivity index (χ2v) is 13.6. The minimum atomic E-state index is -0.917. The monoisotopic (exact) mass is 690 g/mol. The Labute approximate surface area is 307 Å². The van der Waals surface area contributed by atoms with Gasteiger partial charge in [0.2, 0.25) is 0 Å². The van der Waals surface area contributed by atoms with Gasteiger partial charge in [0.15, 0.2) is 6.10 Å². The molecule has 10 heteroatoms. The number of carbonyl (C=O) groups excluding carboxylic acids is 2. The van der Waals surface area contributed by atoms with Crippen molar-refractivity contribution in [2.75, 3.05) is 40.3 Å². The molecule has 0 aromatic rings. The second kappa shape index (κ2) is 18.3. The highest BCUT2D eigenvalue weighted by Gasteiger charge is 2.45. The van der Waals surface area contributed by atoms with Crippen LogP contribution in [-0.4, -0.2) is 115 Å². The molecule has 0 spiro atoms. The number of ether oxygens (including phenoxy) is 4. The van der Waals surface area contributed by atoms with Gasteiger partial charge in [-0.3, -0.25) is 4.79 Å². The molecule has 2 fully saturated rings. The zero-order chi connectivity index (χ0) is 51.3. The fourth-order valence-electron chi connectivity index (χ4n) is 6.17. The molecule has 0 saturated carbocycles. The summed E-state index contributed by atoms with van der Waals surface area (Å²) in [6.07, 6.45) is 9.28. The van der Waals surface area contributed by atoms with Crippen LogP contribution < -0.4 is 0 Å². The molecule has 0 radical (unpaired) electrons. The highest BCUT2D eigenvalue weighted by atomic mass is 16.6. The number of allylic oxidation sites excluding steroid dienone is 3. The molecule has 46 heavy (non-hydrogen) atoms. The van der Waals surface area contributed by atoms with Gasteiger partial charge in [-0.25, -0.2) is 4.79 Å². The summed E-state index contributed by atoms with van der Waals surface area (Å²) < 4.78 is 114. The van der Waals surface area contributed by atoms with Crippen LogP contribution in [0.1, 0.15) is 109 Å². The maximum atomic E-state index is 13.2. The number of hydrogen-bond acceptors (Lipinski definition) is 9. The maximum Gasteiger partial charge on any atom is 0.410 e. The van der Waals surface area contributed by atoms with E-state index in [9.17, 15) is 19.8 Å². The first kappa shape index (κ1) is 27.7. The van der Waals surface area contributed by atoms with E-state index >= 15 is 0 Å². The topological polar surface area (TPSA) is 121 Å². The molecule has 3 heterocycles. The Morgan fingerprint density at radius 1 is 1.26 bits per heavy atom. The molecule has 2 saturated heterocycles. The van der Waals surface area contributed by atoms with Gasteiger partial charge in [0, 0.05) is 73.3 Å². The number of epoxide rings is 1. The van der Waals surface area contributed by atoms with Crippen LogP contribution in [0.3, 0.4) is 0 Å². The average Bonchev–Trinajstić information content (AvgIpc) is 4.12. The minimum absolute atomic E-state index is 0. The van der Waals surface area contributed by atoms with Crippen LogP contribution in [-0.2, 0) is 23.7 Å². The van der Waals surface area contributed by atoms with Gasteiger partial charge in [-0.05, 0) is 64.1 Å². The quantitative estimate of drug-likeness (QED) is 0.103. The SMILES string of the molecule is C.CC[C@H](O)[C@@H](C)[C@H]1O[C@@H]1C[C@H](C)/C=C/C=C(\C)[C@H]1OC(=O)C[C@H](O)CC[C@@](C)(OC)[C@@H](OC(=O)N2CCN(C)CC2)/C=C/[C@@H]1C.[2HH].[2H][2H].[2H][2H].[2H][2H].[2H][2H].[2H][2H].[2H][2H].[2H][2H].[2H][2H].[2H][2H]. The molecular weight excluding hydrogens is 588 g/mol. The molecule has 0 bridgehead atoms. The van der Waals surface area contributed by atoms with E-state index in [-0.39, 0.29) is 57.8 Å². The van der Waals surface area contributed by atoms with Crippen LogP contribution in [0.25, 0.3) is 0 Å². The van der Waals surface area contributed by atoms with Gasteiger partial charge < -0.3 is 39.0 Å². The third-order valence-corrected chi connectivity index (χ3v) is 9.78. The Kier molecular flexibility index (Phi) is 11.0. The summed E-state index contributed by atoms with van der Waals surface area (Å²) >= 11 is 0. The van der Waals surface area contributed by atoms with E-state index in [2.05, 4.69) is 17.9 Å². The van der Waals surface area contributed by atoms with Crippen molar-refractivity contribution in [2.45, 2.75) is 123 Å². The number of piperazine rings is 1. The first-order chi connectivity index (χ1) is 30.3. The Bertz CT molecular complexity index is 1110. The van der Waals surface area contributed by atoms with E-state index in [0.29, 0.717) is 19.5 Å². The Morgan fingerprint density at radius 3 is 2.57 bits per heavy atom. The van der Waals surface area contributed by atoms with Crippen molar-refractivity contribution < 1.29 is 66.9 Å². The Hall–Kier alpha value is -2.24. The lowest BCUT2D eigenvalue weighted by atomic mass is 9.88. The lowest BCUT2D eigenvalue weighted by Crippen LogP contribution is -2.50. The van der Waals surface area contributed by atoms with Crippen molar-refractivity contribution in [1.29, 1.82) is 0 Å². The van der Waals surface area contributed by atoms with Crippen molar-refractivity contribution in [3.05, 3.63) is 36.0 Å². The molecule has 3 aliphatic rings.